The Labute approximate surface area is 293 Å². The fourth-order valence-corrected chi connectivity index (χ4v) is 7.70. The van der Waals surface area contributed by atoms with E-state index >= 15 is 0 Å². The molecule has 0 spiro atoms. The van der Waals surface area contributed by atoms with Crippen LogP contribution in [-0.2, 0) is 38.7 Å². The molecule has 1 aromatic carbocycles. The molecular formula is C36H60N4O8S. The highest BCUT2D eigenvalue weighted by Crippen LogP contribution is 2.31. The van der Waals surface area contributed by atoms with E-state index in [9.17, 15) is 27.6 Å². The second-order valence-corrected chi connectivity index (χ2v) is 16.3. The summed E-state index contributed by atoms with van der Waals surface area (Å²) in [6, 6.07) is 5.24. The van der Waals surface area contributed by atoms with Crippen molar-refractivity contribution >= 4 is 33.5 Å². The average Bonchev–Trinajstić information content (AvgIpc) is 3.51. The fourth-order valence-electron chi connectivity index (χ4n) is 6.64. The third-order valence-electron chi connectivity index (χ3n) is 10.1. The summed E-state index contributed by atoms with van der Waals surface area (Å²) < 4.78 is 39.8. The number of hydrogen-bond acceptors (Lipinski definition) is 9. The smallest absolute Gasteiger partial charge is 0.264 e. The van der Waals surface area contributed by atoms with Gasteiger partial charge in [-0.3, -0.25) is 19.2 Å². The molecule has 1 aliphatic rings. The van der Waals surface area contributed by atoms with E-state index in [0.29, 0.717) is 25.8 Å². The lowest BCUT2D eigenvalue weighted by Gasteiger charge is -2.41. The molecule has 13 heteroatoms. The first-order chi connectivity index (χ1) is 22.7. The minimum atomic E-state index is -4.11. The van der Waals surface area contributed by atoms with Crippen molar-refractivity contribution in [2.24, 2.45) is 29.4 Å². The van der Waals surface area contributed by atoms with Crippen LogP contribution in [0.2, 0.25) is 0 Å². The third kappa shape index (κ3) is 10.8. The minimum absolute atomic E-state index is 0.0140. The Morgan fingerprint density at radius 2 is 1.63 bits per heavy atom. The van der Waals surface area contributed by atoms with E-state index < -0.39 is 57.6 Å². The Morgan fingerprint density at radius 3 is 2.12 bits per heavy atom. The second kappa shape index (κ2) is 17.9. The number of aryl methyl sites for hydroxylation is 1. The average molecular weight is 709 g/mol. The second-order valence-electron chi connectivity index (χ2n) is 14.6. The van der Waals surface area contributed by atoms with E-state index in [0.717, 1.165) is 5.56 Å². The first-order valence-electron chi connectivity index (χ1n) is 17.3. The number of amides is 3. The molecule has 49 heavy (non-hydrogen) atoms. The van der Waals surface area contributed by atoms with Crippen LogP contribution in [0.25, 0.3) is 0 Å². The molecule has 3 N–H and O–H groups in total. The maximum atomic E-state index is 14.0. The summed E-state index contributed by atoms with van der Waals surface area (Å²) in [5.74, 6) is -2.99. The summed E-state index contributed by atoms with van der Waals surface area (Å²) in [4.78, 5) is 57.4. The molecule has 2 rings (SSSR count). The molecule has 1 aliphatic heterocycles. The molecule has 1 fully saturated rings. The molecule has 0 aliphatic carbocycles. The highest BCUT2D eigenvalue weighted by atomic mass is 32.2. The zero-order valence-corrected chi connectivity index (χ0v) is 32.1. The molecular weight excluding hydrogens is 648 g/mol. The van der Waals surface area contributed by atoms with E-state index in [-0.39, 0.29) is 47.2 Å². The van der Waals surface area contributed by atoms with Crippen LogP contribution >= 0.6 is 0 Å². The van der Waals surface area contributed by atoms with Crippen molar-refractivity contribution < 1.29 is 37.1 Å². The lowest BCUT2D eigenvalue weighted by Crippen LogP contribution is -2.54. The number of nitrogens with one attached hydrogen (secondary N) is 1. The Hall–Kier alpha value is -2.87. The third-order valence-corrected chi connectivity index (χ3v) is 11.4. The van der Waals surface area contributed by atoms with Gasteiger partial charge in [0.2, 0.25) is 17.7 Å². The number of likely N-dealkylation sites (tertiary alicyclic amines) is 1. The first-order valence-corrected chi connectivity index (χ1v) is 18.8. The highest BCUT2D eigenvalue weighted by molar-refractivity contribution is 7.90. The Kier molecular flexibility index (Phi) is 15.4. The lowest BCUT2D eigenvalue weighted by atomic mass is 9.83. The number of likely N-dealkylation sites (N-methyl/N-ethyl adjacent to an activating group) is 1. The van der Waals surface area contributed by atoms with Gasteiger partial charge in [-0.2, -0.15) is 0 Å². The van der Waals surface area contributed by atoms with E-state index in [1.807, 2.05) is 34.6 Å². The van der Waals surface area contributed by atoms with Gasteiger partial charge in [0.25, 0.3) is 10.0 Å². The Morgan fingerprint density at radius 1 is 1.04 bits per heavy atom. The largest absolute Gasteiger partial charge is 0.379 e. The van der Waals surface area contributed by atoms with Gasteiger partial charge in [0.15, 0.2) is 5.78 Å². The first kappa shape index (κ1) is 42.3. The predicted octanol–water partition coefficient (Wildman–Crippen LogP) is 3.69. The summed E-state index contributed by atoms with van der Waals surface area (Å²) in [6.45, 7) is 15.0. The van der Waals surface area contributed by atoms with E-state index in [4.69, 9.17) is 15.2 Å². The number of nitrogens with two attached hydrogens (primary N) is 1. The summed E-state index contributed by atoms with van der Waals surface area (Å²) >= 11 is 0. The Bertz CT molecular complexity index is 1390. The van der Waals surface area contributed by atoms with Gasteiger partial charge in [-0.25, -0.2) is 13.1 Å². The van der Waals surface area contributed by atoms with Crippen LogP contribution in [-0.4, -0.2) is 99.4 Å². The number of ether oxygens (including phenoxy) is 2. The molecule has 278 valence electrons. The molecule has 0 unspecified atom stereocenters. The highest BCUT2D eigenvalue weighted by Gasteiger charge is 2.43. The molecule has 1 saturated heterocycles. The van der Waals surface area contributed by atoms with Gasteiger partial charge in [-0.1, -0.05) is 58.7 Å². The van der Waals surface area contributed by atoms with Gasteiger partial charge < -0.3 is 25.0 Å². The SMILES string of the molecule is CC[C@H](C)[C@@H]([C@@H](CC(=O)N1CCC[C@H]1[C@H](OC)[C@@H](C)C(=O)NS(=O)(=O)c1ccc(C)cc1)OC)N(C)C(=O)[C@@H](CC(=O)C(C)(C)N)C(C)C. The van der Waals surface area contributed by atoms with Crippen LogP contribution in [0.4, 0.5) is 0 Å². The Balaban J connectivity index is 2.28. The predicted molar refractivity (Wildman–Crippen MR) is 189 cm³/mol. The molecule has 0 aromatic heterocycles. The van der Waals surface area contributed by atoms with E-state index in [2.05, 4.69) is 4.72 Å². The quantitative estimate of drug-likeness (QED) is 0.231. The number of rotatable bonds is 18. The molecule has 3 amide bonds. The van der Waals surface area contributed by atoms with Crippen LogP contribution in [0, 0.1) is 30.6 Å². The van der Waals surface area contributed by atoms with Crippen molar-refractivity contribution in [3.05, 3.63) is 29.8 Å². The van der Waals surface area contributed by atoms with Crippen molar-refractivity contribution in [2.45, 2.75) is 122 Å². The zero-order chi connectivity index (χ0) is 37.4. The molecule has 1 aromatic rings. The number of sulfonamides is 1. The number of hydrogen-bond donors (Lipinski definition) is 2. The number of carbonyl (C=O) groups is 4. The number of ketones is 1. The van der Waals surface area contributed by atoms with Crippen LogP contribution in [0.15, 0.2) is 29.2 Å². The van der Waals surface area contributed by atoms with Gasteiger partial charge in [0.1, 0.15) is 0 Å². The maximum absolute atomic E-state index is 14.0. The van der Waals surface area contributed by atoms with E-state index in [1.54, 1.807) is 49.8 Å². The van der Waals surface area contributed by atoms with Crippen LogP contribution in [0.3, 0.4) is 0 Å². The van der Waals surface area contributed by atoms with Crippen molar-refractivity contribution in [3.8, 4) is 0 Å². The van der Waals surface area contributed by atoms with Gasteiger partial charge in [0.05, 0.1) is 47.1 Å². The summed E-state index contributed by atoms with van der Waals surface area (Å²) in [5, 5.41) is 0. The monoisotopic (exact) mass is 708 g/mol. The van der Waals surface area contributed by atoms with Gasteiger partial charge in [-0.15, -0.1) is 0 Å². The van der Waals surface area contributed by atoms with Crippen molar-refractivity contribution in [1.82, 2.24) is 14.5 Å². The van der Waals surface area contributed by atoms with Crippen LogP contribution < -0.4 is 10.5 Å². The standard InChI is InChI=1S/C36H60N4O8S/c1-12-24(5)32(39(9)35(44)27(22(2)3)20-30(41)36(7,8)37)29(47-10)21-31(42)40-19-13-14-28(40)33(48-11)25(6)34(43)38-49(45,46)26-17-15-23(4)16-18-26/h15-18,22,24-25,27-29,32-33H,12-14,19-21,37H2,1-11H3,(H,38,43)/t24-,25+,27-,28-,29+,32-,33+/m0/s1. The van der Waals surface area contributed by atoms with Crippen LogP contribution in [0.5, 0.6) is 0 Å². The van der Waals surface area contributed by atoms with Crippen molar-refractivity contribution in [3.63, 3.8) is 0 Å². The molecule has 0 saturated carbocycles. The summed E-state index contributed by atoms with van der Waals surface area (Å²) in [6.07, 6.45) is 0.519. The fraction of sp³-hybridized carbons (Fsp3) is 0.722. The number of benzene rings is 1. The van der Waals surface area contributed by atoms with Gasteiger partial charge >= 0.3 is 0 Å². The number of nitrogens with zero attached hydrogens (tertiary/aromatic N) is 2. The summed E-state index contributed by atoms with van der Waals surface area (Å²) in [7, 11) is 0.563. The van der Waals surface area contributed by atoms with Gasteiger partial charge in [-0.05, 0) is 57.6 Å². The number of Topliss-reactive ketones (excluding diaryl/α,β-unsaturated/α-hetero) is 1. The molecule has 12 nitrogen and oxygen atoms in total. The number of carbonyl (C=O) groups excluding carboxylic acids is 4. The van der Waals surface area contributed by atoms with Crippen molar-refractivity contribution in [2.75, 3.05) is 27.8 Å². The molecule has 1 heterocycles. The molecule has 0 bridgehead atoms. The van der Waals surface area contributed by atoms with Gasteiger partial charge in [0, 0.05) is 40.2 Å². The molecule has 7 atom stereocenters. The normalized spacial score (nSPS) is 19.1. The maximum Gasteiger partial charge on any atom is 0.264 e. The lowest BCUT2D eigenvalue weighted by molar-refractivity contribution is -0.149. The van der Waals surface area contributed by atoms with Crippen molar-refractivity contribution in [1.29, 1.82) is 0 Å². The number of methoxy groups -OCH3 is 2. The van der Waals surface area contributed by atoms with Crippen LogP contribution in [0.1, 0.15) is 86.1 Å². The topological polar surface area (TPSA) is 165 Å². The van der Waals surface area contributed by atoms with E-state index in [1.165, 1.54) is 26.4 Å². The summed E-state index contributed by atoms with van der Waals surface area (Å²) in [5.41, 5.74) is 5.88. The minimum Gasteiger partial charge on any atom is -0.379 e. The molecule has 0 radical (unpaired) electrons. The zero-order valence-electron chi connectivity index (χ0n) is 31.3.